The first-order chi connectivity index (χ1) is 8.17. The van der Waals surface area contributed by atoms with Crippen LogP contribution in [0, 0.1) is 11.3 Å². The van der Waals surface area contributed by atoms with Gasteiger partial charge in [-0.15, -0.1) is 0 Å². The zero-order valence-electron chi connectivity index (χ0n) is 9.50. The molecule has 0 aliphatic heterocycles. The lowest BCUT2D eigenvalue weighted by molar-refractivity contribution is -0.120. The Kier molecular flexibility index (Phi) is 5.31. The van der Waals surface area contributed by atoms with Crippen LogP contribution in [0.5, 0.6) is 5.75 Å². The highest BCUT2D eigenvalue weighted by Crippen LogP contribution is 2.22. The second kappa shape index (κ2) is 6.77. The van der Waals surface area contributed by atoms with Crippen molar-refractivity contribution in [2.45, 2.75) is 12.8 Å². The fraction of sp³-hybridized carbons (Fsp3) is 0.333. The van der Waals surface area contributed by atoms with E-state index in [-0.39, 0.29) is 5.91 Å². The van der Waals surface area contributed by atoms with Crippen molar-refractivity contribution in [3.8, 4) is 11.8 Å². The van der Waals surface area contributed by atoms with E-state index in [2.05, 4.69) is 5.32 Å². The number of amides is 1. The molecular formula is C12H13ClN2O2. The fourth-order valence-electron chi connectivity index (χ4n) is 1.25. The molecule has 1 amide bonds. The highest BCUT2D eigenvalue weighted by molar-refractivity contribution is 6.30. The second-order valence-electron chi connectivity index (χ2n) is 3.38. The summed E-state index contributed by atoms with van der Waals surface area (Å²) < 4.78 is 5.42. The Morgan fingerprint density at radius 1 is 1.59 bits per heavy atom. The Bertz CT molecular complexity index is 441. The maximum absolute atomic E-state index is 11.0. The number of nitriles is 1. The molecule has 0 bridgehead atoms. The molecule has 0 fully saturated rings. The molecule has 0 aromatic heterocycles. The van der Waals surface area contributed by atoms with Gasteiger partial charge in [0.1, 0.15) is 11.8 Å². The third kappa shape index (κ3) is 4.33. The summed E-state index contributed by atoms with van der Waals surface area (Å²) in [5.41, 5.74) is 0.439. The minimum absolute atomic E-state index is 0.0276. The number of carbonyl (C=O) groups is 1. The molecular weight excluding hydrogens is 240 g/mol. The second-order valence-corrected chi connectivity index (χ2v) is 3.81. The van der Waals surface area contributed by atoms with Gasteiger partial charge in [-0.2, -0.15) is 5.26 Å². The van der Waals surface area contributed by atoms with Crippen molar-refractivity contribution in [1.82, 2.24) is 5.32 Å². The van der Waals surface area contributed by atoms with Crippen molar-refractivity contribution in [3.05, 3.63) is 28.8 Å². The van der Waals surface area contributed by atoms with Crippen LogP contribution in [0.25, 0.3) is 0 Å². The van der Waals surface area contributed by atoms with E-state index >= 15 is 0 Å². The maximum Gasteiger partial charge on any atom is 0.219 e. The topological polar surface area (TPSA) is 62.1 Å². The van der Waals surface area contributed by atoms with Gasteiger partial charge in [-0.25, -0.2) is 0 Å². The molecule has 0 aliphatic carbocycles. The van der Waals surface area contributed by atoms with E-state index in [4.69, 9.17) is 21.6 Å². The predicted molar refractivity (Wildman–Crippen MR) is 65.0 cm³/mol. The number of halogens is 1. The van der Waals surface area contributed by atoms with E-state index in [0.717, 1.165) is 0 Å². The average molecular weight is 253 g/mol. The Morgan fingerprint density at radius 2 is 2.35 bits per heavy atom. The van der Waals surface area contributed by atoms with Crippen molar-refractivity contribution in [3.63, 3.8) is 0 Å². The van der Waals surface area contributed by atoms with E-state index in [0.29, 0.717) is 35.8 Å². The molecule has 1 aromatic carbocycles. The van der Waals surface area contributed by atoms with Crippen LogP contribution in [0.2, 0.25) is 5.02 Å². The van der Waals surface area contributed by atoms with Crippen LogP contribution in [0.15, 0.2) is 18.2 Å². The van der Waals surface area contributed by atoms with Crippen molar-refractivity contribution >= 4 is 17.5 Å². The Balaban J connectivity index is 2.49. The summed E-state index contributed by atoms with van der Waals surface area (Å²) in [5.74, 6) is 0.428. The Labute approximate surface area is 105 Å². The molecule has 1 N–H and O–H groups in total. The van der Waals surface area contributed by atoms with E-state index in [1.807, 2.05) is 6.07 Å². The lowest BCUT2D eigenvalue weighted by atomic mass is 10.2. The number of ether oxygens (including phenoxy) is 1. The lowest BCUT2D eigenvalue weighted by Gasteiger charge is -2.07. The first-order valence-corrected chi connectivity index (χ1v) is 5.58. The SMILES string of the molecule is CNC(=O)CCCOc1cc(Cl)ccc1C#N. The van der Waals surface area contributed by atoms with E-state index < -0.39 is 0 Å². The molecule has 5 heteroatoms. The summed E-state index contributed by atoms with van der Waals surface area (Å²) in [6, 6.07) is 6.86. The Hall–Kier alpha value is -1.73. The zero-order valence-corrected chi connectivity index (χ0v) is 10.3. The standard InChI is InChI=1S/C12H13ClN2O2/c1-15-12(16)3-2-6-17-11-7-10(13)5-4-9(11)8-14/h4-5,7H,2-3,6H2,1H3,(H,15,16). The van der Waals surface area contributed by atoms with Crippen molar-refractivity contribution < 1.29 is 9.53 Å². The summed E-state index contributed by atoms with van der Waals surface area (Å²) >= 11 is 5.81. The summed E-state index contributed by atoms with van der Waals surface area (Å²) in [6.07, 6.45) is 0.996. The van der Waals surface area contributed by atoms with Crippen molar-refractivity contribution in [2.75, 3.05) is 13.7 Å². The van der Waals surface area contributed by atoms with Gasteiger partial charge in [0.05, 0.1) is 12.2 Å². The summed E-state index contributed by atoms with van der Waals surface area (Å²) in [5, 5.41) is 11.9. The molecule has 0 unspecified atom stereocenters. The predicted octanol–water partition coefficient (Wildman–Crippen LogP) is 2.12. The van der Waals surface area contributed by atoms with Crippen LogP contribution in [0.1, 0.15) is 18.4 Å². The number of hydrogen-bond acceptors (Lipinski definition) is 3. The summed E-state index contributed by atoms with van der Waals surface area (Å²) in [4.78, 5) is 11.0. The average Bonchev–Trinajstić information content (AvgIpc) is 2.34. The number of rotatable bonds is 5. The Morgan fingerprint density at radius 3 is 3.00 bits per heavy atom. The molecule has 1 aromatic rings. The minimum atomic E-state index is -0.0276. The van der Waals surface area contributed by atoms with Gasteiger partial charge in [-0.3, -0.25) is 4.79 Å². The quantitative estimate of drug-likeness (QED) is 0.817. The smallest absolute Gasteiger partial charge is 0.219 e. The number of carbonyl (C=O) groups excluding carboxylic acids is 1. The monoisotopic (exact) mass is 252 g/mol. The summed E-state index contributed by atoms with van der Waals surface area (Å²) in [6.45, 7) is 0.377. The van der Waals surface area contributed by atoms with Crippen LogP contribution in [-0.2, 0) is 4.79 Å². The first kappa shape index (κ1) is 13.3. The van der Waals surface area contributed by atoms with Gasteiger partial charge < -0.3 is 10.1 Å². The van der Waals surface area contributed by atoms with Crippen LogP contribution in [0.4, 0.5) is 0 Å². The third-order valence-corrected chi connectivity index (χ3v) is 2.38. The molecule has 0 saturated heterocycles. The number of nitrogens with one attached hydrogen (secondary N) is 1. The fourth-order valence-corrected chi connectivity index (χ4v) is 1.41. The normalized spacial score (nSPS) is 9.47. The van der Waals surface area contributed by atoms with Gasteiger partial charge in [0.15, 0.2) is 0 Å². The van der Waals surface area contributed by atoms with E-state index in [1.165, 1.54) is 0 Å². The van der Waals surface area contributed by atoms with Gasteiger partial charge in [0.25, 0.3) is 0 Å². The third-order valence-electron chi connectivity index (χ3n) is 2.15. The van der Waals surface area contributed by atoms with Crippen LogP contribution < -0.4 is 10.1 Å². The molecule has 90 valence electrons. The molecule has 17 heavy (non-hydrogen) atoms. The highest BCUT2D eigenvalue weighted by atomic mass is 35.5. The highest BCUT2D eigenvalue weighted by Gasteiger charge is 2.04. The van der Waals surface area contributed by atoms with Crippen molar-refractivity contribution in [2.24, 2.45) is 0 Å². The van der Waals surface area contributed by atoms with E-state index in [1.54, 1.807) is 25.2 Å². The lowest BCUT2D eigenvalue weighted by Crippen LogP contribution is -2.18. The molecule has 1 rings (SSSR count). The minimum Gasteiger partial charge on any atom is -0.492 e. The van der Waals surface area contributed by atoms with E-state index in [9.17, 15) is 4.79 Å². The number of benzene rings is 1. The van der Waals surface area contributed by atoms with Gasteiger partial charge in [-0.05, 0) is 18.6 Å². The number of nitrogens with zero attached hydrogens (tertiary/aromatic N) is 1. The van der Waals surface area contributed by atoms with Crippen LogP contribution in [-0.4, -0.2) is 19.6 Å². The van der Waals surface area contributed by atoms with Crippen LogP contribution in [0.3, 0.4) is 0 Å². The molecule has 0 aliphatic rings. The molecule has 0 spiro atoms. The molecule has 0 saturated carbocycles. The first-order valence-electron chi connectivity index (χ1n) is 5.20. The van der Waals surface area contributed by atoms with Crippen molar-refractivity contribution in [1.29, 1.82) is 5.26 Å². The molecule has 4 nitrogen and oxygen atoms in total. The molecule has 0 heterocycles. The largest absolute Gasteiger partial charge is 0.492 e. The van der Waals surface area contributed by atoms with Crippen LogP contribution >= 0.6 is 11.6 Å². The van der Waals surface area contributed by atoms with Gasteiger partial charge in [-0.1, -0.05) is 11.6 Å². The van der Waals surface area contributed by atoms with Gasteiger partial charge in [0.2, 0.25) is 5.91 Å². The zero-order chi connectivity index (χ0) is 12.7. The number of hydrogen-bond donors (Lipinski definition) is 1. The summed E-state index contributed by atoms with van der Waals surface area (Å²) in [7, 11) is 1.59. The maximum atomic E-state index is 11.0. The molecule has 0 atom stereocenters. The molecule has 0 radical (unpaired) electrons. The van der Waals surface area contributed by atoms with Gasteiger partial charge >= 0.3 is 0 Å². The van der Waals surface area contributed by atoms with Gasteiger partial charge in [0, 0.05) is 24.6 Å².